The van der Waals surface area contributed by atoms with Gasteiger partial charge in [-0.2, -0.15) is 4.98 Å². The summed E-state index contributed by atoms with van der Waals surface area (Å²) < 4.78 is 5.44. The number of hydrogen-bond acceptors (Lipinski definition) is 4. The zero-order chi connectivity index (χ0) is 13.5. The monoisotopic (exact) mass is 277 g/mol. The molecule has 0 aliphatic rings. The van der Waals surface area contributed by atoms with Crippen LogP contribution < -0.4 is 10.1 Å². The van der Waals surface area contributed by atoms with Gasteiger partial charge in [0.1, 0.15) is 0 Å². The first-order valence-electron chi connectivity index (χ1n) is 6.18. The summed E-state index contributed by atoms with van der Waals surface area (Å²) >= 11 is 5.75. The Morgan fingerprint density at radius 1 is 1.21 bits per heavy atom. The Kier molecular flexibility index (Phi) is 4.98. The van der Waals surface area contributed by atoms with Crippen LogP contribution in [-0.4, -0.2) is 16.6 Å². The minimum absolute atomic E-state index is 0.514. The van der Waals surface area contributed by atoms with E-state index >= 15 is 0 Å². The number of rotatable bonds is 6. The van der Waals surface area contributed by atoms with Crippen molar-refractivity contribution >= 4 is 23.1 Å². The van der Waals surface area contributed by atoms with Gasteiger partial charge in [-0.3, -0.25) is 4.98 Å². The van der Waals surface area contributed by atoms with Crippen LogP contribution in [0, 0.1) is 0 Å². The Bertz CT molecular complexity index is 516. The van der Waals surface area contributed by atoms with E-state index in [0.717, 1.165) is 17.7 Å². The third-order valence-electron chi connectivity index (χ3n) is 2.45. The van der Waals surface area contributed by atoms with E-state index in [4.69, 9.17) is 16.3 Å². The lowest BCUT2D eigenvalue weighted by molar-refractivity contribution is 0.304. The van der Waals surface area contributed by atoms with Gasteiger partial charge in [-0.1, -0.05) is 19.1 Å². The molecule has 0 aliphatic carbocycles. The summed E-state index contributed by atoms with van der Waals surface area (Å²) in [6.45, 7) is 2.69. The van der Waals surface area contributed by atoms with Crippen molar-refractivity contribution in [2.75, 3.05) is 11.9 Å². The van der Waals surface area contributed by atoms with Crippen molar-refractivity contribution in [1.29, 1.82) is 0 Å². The van der Waals surface area contributed by atoms with Crippen molar-refractivity contribution in [3.8, 4) is 5.88 Å². The number of benzene rings is 1. The maximum atomic E-state index is 5.75. The molecular weight excluding hydrogens is 262 g/mol. The van der Waals surface area contributed by atoms with E-state index in [1.165, 1.54) is 0 Å². The van der Waals surface area contributed by atoms with E-state index in [1.807, 2.05) is 31.2 Å². The van der Waals surface area contributed by atoms with Gasteiger partial charge < -0.3 is 10.1 Å². The van der Waals surface area contributed by atoms with Crippen LogP contribution >= 0.6 is 11.6 Å². The lowest BCUT2D eigenvalue weighted by Crippen LogP contribution is -2.00. The van der Waals surface area contributed by atoms with E-state index < -0.39 is 0 Å². The first kappa shape index (κ1) is 13.6. The number of nitrogens with zero attached hydrogens (tertiary/aromatic N) is 2. The van der Waals surface area contributed by atoms with Gasteiger partial charge in [0.15, 0.2) is 5.82 Å². The number of ether oxygens (including phenoxy) is 1. The summed E-state index contributed by atoms with van der Waals surface area (Å²) in [4.78, 5) is 8.42. The van der Waals surface area contributed by atoms with Crippen molar-refractivity contribution in [2.45, 2.75) is 19.2 Å². The fourth-order valence-corrected chi connectivity index (χ4v) is 1.69. The van der Waals surface area contributed by atoms with Crippen LogP contribution in [-0.2, 0) is 5.88 Å². The number of anilines is 2. The third kappa shape index (κ3) is 4.10. The van der Waals surface area contributed by atoms with Crippen molar-refractivity contribution < 1.29 is 4.74 Å². The van der Waals surface area contributed by atoms with Gasteiger partial charge >= 0.3 is 0 Å². The second kappa shape index (κ2) is 6.95. The van der Waals surface area contributed by atoms with Crippen LogP contribution in [0.5, 0.6) is 5.88 Å². The van der Waals surface area contributed by atoms with E-state index in [-0.39, 0.29) is 0 Å². The van der Waals surface area contributed by atoms with Crippen LogP contribution in [0.15, 0.2) is 36.7 Å². The average Bonchev–Trinajstić information content (AvgIpc) is 2.46. The molecule has 0 radical (unpaired) electrons. The van der Waals surface area contributed by atoms with Crippen molar-refractivity contribution in [3.05, 3.63) is 42.2 Å². The highest BCUT2D eigenvalue weighted by Crippen LogP contribution is 2.17. The smallest absolute Gasteiger partial charge is 0.234 e. The number of halogens is 1. The Balaban J connectivity index is 2.05. The zero-order valence-corrected chi connectivity index (χ0v) is 11.5. The van der Waals surface area contributed by atoms with E-state index in [9.17, 15) is 0 Å². The highest BCUT2D eigenvalue weighted by molar-refractivity contribution is 6.17. The summed E-state index contributed by atoms with van der Waals surface area (Å²) in [5.41, 5.74) is 2.02. The highest BCUT2D eigenvalue weighted by atomic mass is 35.5. The second-order valence-corrected chi connectivity index (χ2v) is 4.31. The van der Waals surface area contributed by atoms with E-state index in [0.29, 0.717) is 24.2 Å². The summed E-state index contributed by atoms with van der Waals surface area (Å²) in [7, 11) is 0. The molecule has 0 saturated carbocycles. The zero-order valence-electron chi connectivity index (χ0n) is 10.8. The normalized spacial score (nSPS) is 10.2. The maximum Gasteiger partial charge on any atom is 0.234 e. The summed E-state index contributed by atoms with van der Waals surface area (Å²) in [6.07, 6.45) is 4.21. The fraction of sp³-hybridized carbons (Fsp3) is 0.286. The maximum absolute atomic E-state index is 5.75. The van der Waals surface area contributed by atoms with Gasteiger partial charge in [0.25, 0.3) is 0 Å². The number of hydrogen-bond donors (Lipinski definition) is 1. The predicted molar refractivity (Wildman–Crippen MR) is 77.1 cm³/mol. The molecule has 1 aromatic carbocycles. The van der Waals surface area contributed by atoms with Gasteiger partial charge in [-0.25, -0.2) is 0 Å². The van der Waals surface area contributed by atoms with Crippen molar-refractivity contribution in [3.63, 3.8) is 0 Å². The van der Waals surface area contributed by atoms with Gasteiger partial charge in [0, 0.05) is 11.6 Å². The van der Waals surface area contributed by atoms with Crippen LogP contribution in [0.4, 0.5) is 11.5 Å². The molecule has 0 aliphatic heterocycles. The lowest BCUT2D eigenvalue weighted by atomic mass is 10.2. The molecule has 0 unspecified atom stereocenters. The lowest BCUT2D eigenvalue weighted by Gasteiger charge is -2.08. The minimum atomic E-state index is 0.514. The molecule has 2 rings (SSSR count). The molecule has 1 N–H and O–H groups in total. The summed E-state index contributed by atoms with van der Waals surface area (Å²) in [6, 6.07) is 7.86. The van der Waals surface area contributed by atoms with Crippen LogP contribution in [0.2, 0.25) is 0 Å². The number of nitrogens with one attached hydrogen (secondary N) is 1. The molecule has 0 amide bonds. The van der Waals surface area contributed by atoms with E-state index in [1.54, 1.807) is 12.4 Å². The molecule has 0 fully saturated rings. The number of aromatic nitrogens is 2. The average molecular weight is 278 g/mol. The Morgan fingerprint density at radius 3 is 2.68 bits per heavy atom. The molecule has 100 valence electrons. The molecule has 5 heteroatoms. The molecular formula is C14H16ClN3O. The predicted octanol–water partition coefficient (Wildman–Crippen LogP) is 3.75. The minimum Gasteiger partial charge on any atom is -0.477 e. The first-order chi connectivity index (χ1) is 9.31. The van der Waals surface area contributed by atoms with Crippen LogP contribution in [0.1, 0.15) is 18.9 Å². The summed E-state index contributed by atoms with van der Waals surface area (Å²) in [5.74, 6) is 1.71. The Hall–Kier alpha value is -1.81. The topological polar surface area (TPSA) is 47.0 Å². The Labute approximate surface area is 117 Å². The van der Waals surface area contributed by atoms with Gasteiger partial charge in [0.05, 0.1) is 19.0 Å². The molecule has 1 heterocycles. The molecule has 0 atom stereocenters. The molecule has 1 aromatic heterocycles. The standard InChI is InChI=1S/C14H16ClN3O/c1-2-7-19-14-10-16-9-13(18-14)17-12-5-3-11(8-15)4-6-12/h3-6,9-10H,2,7-8H2,1H3,(H,17,18). The highest BCUT2D eigenvalue weighted by Gasteiger charge is 2.00. The molecule has 4 nitrogen and oxygen atoms in total. The summed E-state index contributed by atoms with van der Waals surface area (Å²) in [5, 5.41) is 3.18. The van der Waals surface area contributed by atoms with Gasteiger partial charge in [-0.15, -0.1) is 11.6 Å². The SMILES string of the molecule is CCCOc1cncc(Nc2ccc(CCl)cc2)n1. The van der Waals surface area contributed by atoms with Gasteiger partial charge in [0.2, 0.25) is 5.88 Å². The molecule has 0 saturated heterocycles. The largest absolute Gasteiger partial charge is 0.477 e. The van der Waals surface area contributed by atoms with Crippen LogP contribution in [0.25, 0.3) is 0 Å². The van der Waals surface area contributed by atoms with Crippen LogP contribution in [0.3, 0.4) is 0 Å². The van der Waals surface area contributed by atoms with Gasteiger partial charge in [-0.05, 0) is 24.1 Å². The molecule has 19 heavy (non-hydrogen) atoms. The third-order valence-corrected chi connectivity index (χ3v) is 2.76. The molecule has 0 spiro atoms. The number of alkyl halides is 1. The van der Waals surface area contributed by atoms with Crippen molar-refractivity contribution in [1.82, 2.24) is 9.97 Å². The fourth-order valence-electron chi connectivity index (χ4n) is 1.51. The van der Waals surface area contributed by atoms with E-state index in [2.05, 4.69) is 15.3 Å². The van der Waals surface area contributed by atoms with Crippen molar-refractivity contribution in [2.24, 2.45) is 0 Å². The molecule has 0 bridgehead atoms. The quantitative estimate of drug-likeness (QED) is 0.817. The Morgan fingerprint density at radius 2 is 2.00 bits per heavy atom. The molecule has 2 aromatic rings. The first-order valence-corrected chi connectivity index (χ1v) is 6.72. The second-order valence-electron chi connectivity index (χ2n) is 4.05.